The van der Waals surface area contributed by atoms with E-state index in [0.29, 0.717) is 6.79 Å². The Morgan fingerprint density at radius 1 is 0.917 bits per heavy atom. The second-order valence-electron chi connectivity index (χ2n) is 6.88. The highest BCUT2D eigenvalue weighted by molar-refractivity contribution is 5.91. The van der Waals surface area contributed by atoms with Crippen LogP contribution in [0.1, 0.15) is 22.3 Å². The summed E-state index contributed by atoms with van der Waals surface area (Å²) in [6, 6.07) is 8.80. The van der Waals surface area contributed by atoms with Crippen molar-refractivity contribution < 1.29 is 14.0 Å². The van der Waals surface area contributed by atoms with Crippen molar-refractivity contribution in [2.45, 2.75) is 33.7 Å². The predicted octanol–water partition coefficient (Wildman–Crippen LogP) is 4.00. The number of pyridine rings is 1. The number of fused-ring (bicyclic) bond motifs is 5. The maximum absolute atomic E-state index is 5.61. The molecule has 2 aliphatic rings. The number of aromatic nitrogens is 1. The maximum Gasteiger partial charge on any atom is 0.231 e. The first-order chi connectivity index (χ1) is 11.6. The van der Waals surface area contributed by atoms with Crippen molar-refractivity contribution in [1.82, 2.24) is 0 Å². The van der Waals surface area contributed by atoms with Gasteiger partial charge in [0.2, 0.25) is 12.5 Å². The second-order valence-corrected chi connectivity index (χ2v) is 6.88. The van der Waals surface area contributed by atoms with E-state index in [2.05, 4.69) is 55.8 Å². The fraction of sp³-hybridized carbons (Fsp3) is 0.286. The lowest BCUT2D eigenvalue weighted by Crippen LogP contribution is -2.41. The zero-order valence-electron chi connectivity index (χ0n) is 14.3. The van der Waals surface area contributed by atoms with Crippen LogP contribution in [0.25, 0.3) is 22.0 Å². The van der Waals surface area contributed by atoms with Gasteiger partial charge in [0, 0.05) is 17.4 Å². The van der Waals surface area contributed by atoms with E-state index in [1.165, 1.54) is 44.3 Å². The van der Waals surface area contributed by atoms with Crippen molar-refractivity contribution in [2.75, 3.05) is 6.79 Å². The van der Waals surface area contributed by atoms with Crippen LogP contribution in [-0.2, 0) is 13.0 Å². The molecule has 0 fully saturated rings. The lowest BCUT2D eigenvalue weighted by Gasteiger charge is -2.19. The van der Waals surface area contributed by atoms with Gasteiger partial charge in [-0.1, -0.05) is 12.1 Å². The average Bonchev–Trinajstić information content (AvgIpc) is 3.03. The summed E-state index contributed by atoms with van der Waals surface area (Å²) in [6.45, 7) is 7.98. The molecule has 1 aromatic heterocycles. The lowest BCUT2D eigenvalue weighted by atomic mass is 9.90. The van der Waals surface area contributed by atoms with Crippen LogP contribution in [0.5, 0.6) is 11.5 Å². The van der Waals surface area contributed by atoms with Crippen LogP contribution in [0.4, 0.5) is 0 Å². The number of rotatable bonds is 0. The van der Waals surface area contributed by atoms with E-state index in [1.807, 2.05) is 0 Å². The third kappa shape index (κ3) is 1.75. The van der Waals surface area contributed by atoms with Crippen LogP contribution in [-0.4, -0.2) is 6.79 Å². The number of aryl methyl sites for hydroxylation is 5. The van der Waals surface area contributed by atoms with Gasteiger partial charge in [-0.25, -0.2) is 0 Å². The first-order valence-electron chi connectivity index (χ1n) is 8.49. The molecule has 2 aromatic carbocycles. The number of hydrogen-bond acceptors (Lipinski definition) is 2. The molecule has 0 unspecified atom stereocenters. The van der Waals surface area contributed by atoms with E-state index >= 15 is 0 Å². The van der Waals surface area contributed by atoms with Gasteiger partial charge in [-0.3, -0.25) is 0 Å². The molecule has 0 bridgehead atoms. The molecule has 2 aliphatic heterocycles. The van der Waals surface area contributed by atoms with E-state index in [0.717, 1.165) is 24.5 Å². The van der Waals surface area contributed by atoms with Gasteiger partial charge in [0.1, 0.15) is 0 Å². The van der Waals surface area contributed by atoms with E-state index in [-0.39, 0.29) is 0 Å². The quantitative estimate of drug-likeness (QED) is 0.585. The maximum atomic E-state index is 5.61. The number of ether oxygens (including phenoxy) is 2. The monoisotopic (exact) mass is 318 g/mol. The normalized spacial score (nSPS) is 14.6. The molecule has 24 heavy (non-hydrogen) atoms. The van der Waals surface area contributed by atoms with Crippen molar-refractivity contribution in [2.24, 2.45) is 0 Å². The molecule has 3 nitrogen and oxygen atoms in total. The molecule has 3 heteroatoms. The highest BCUT2D eigenvalue weighted by Crippen LogP contribution is 2.41. The summed E-state index contributed by atoms with van der Waals surface area (Å²) in [4.78, 5) is 0. The summed E-state index contributed by atoms with van der Waals surface area (Å²) < 4.78 is 13.6. The van der Waals surface area contributed by atoms with Gasteiger partial charge in [-0.15, -0.1) is 0 Å². The fourth-order valence-electron chi connectivity index (χ4n) is 4.08. The number of nitrogens with zero attached hydrogens (tertiary/aromatic N) is 1. The van der Waals surface area contributed by atoms with E-state index in [9.17, 15) is 0 Å². The minimum atomic E-state index is 0.327. The molecule has 0 aliphatic carbocycles. The Labute approximate surface area is 141 Å². The lowest BCUT2D eigenvalue weighted by molar-refractivity contribution is -0.686. The van der Waals surface area contributed by atoms with Gasteiger partial charge >= 0.3 is 0 Å². The van der Waals surface area contributed by atoms with Crippen molar-refractivity contribution in [3.05, 3.63) is 52.7 Å². The minimum absolute atomic E-state index is 0.327. The van der Waals surface area contributed by atoms with Crippen molar-refractivity contribution in [3.8, 4) is 22.8 Å². The first-order valence-corrected chi connectivity index (χ1v) is 8.49. The van der Waals surface area contributed by atoms with Crippen LogP contribution < -0.4 is 14.0 Å². The molecule has 3 heterocycles. The molecular formula is C21H20NO2+. The summed E-state index contributed by atoms with van der Waals surface area (Å²) in [5, 5.41) is 2.70. The predicted molar refractivity (Wildman–Crippen MR) is 93.6 cm³/mol. The third-order valence-corrected chi connectivity index (χ3v) is 5.59. The first kappa shape index (κ1) is 13.8. The van der Waals surface area contributed by atoms with E-state index in [1.54, 1.807) is 0 Å². The topological polar surface area (TPSA) is 22.3 Å². The SMILES string of the molecule is Cc1ccc2c(C)c3[n+](cc2c1C)CCc1cc2c(cc1-3)OCO2. The standard InChI is InChI=1S/C21H20NO2/c1-12-4-5-16-14(3)21-17-9-20-19(23-11-24-20)8-15(17)6-7-22(21)10-18(16)13(12)2/h4-5,8-10H,6-7,11H2,1-3H3/q+1. The van der Waals surface area contributed by atoms with Crippen LogP contribution in [0.15, 0.2) is 30.5 Å². The fourth-order valence-corrected chi connectivity index (χ4v) is 4.08. The van der Waals surface area contributed by atoms with Crippen LogP contribution >= 0.6 is 0 Å². The van der Waals surface area contributed by atoms with E-state index < -0.39 is 0 Å². The summed E-state index contributed by atoms with van der Waals surface area (Å²) in [5.41, 5.74) is 8.01. The molecule has 0 radical (unpaired) electrons. The van der Waals surface area contributed by atoms with Crippen molar-refractivity contribution >= 4 is 10.8 Å². The summed E-state index contributed by atoms with van der Waals surface area (Å²) >= 11 is 0. The van der Waals surface area contributed by atoms with Gasteiger partial charge in [0.15, 0.2) is 24.2 Å². The molecule has 0 amide bonds. The largest absolute Gasteiger partial charge is 0.454 e. The molecule has 120 valence electrons. The summed E-state index contributed by atoms with van der Waals surface area (Å²) in [5.74, 6) is 1.74. The minimum Gasteiger partial charge on any atom is -0.454 e. The van der Waals surface area contributed by atoms with Gasteiger partial charge < -0.3 is 9.47 Å². The molecular weight excluding hydrogens is 298 g/mol. The van der Waals surface area contributed by atoms with Gasteiger partial charge in [0.25, 0.3) is 0 Å². The number of benzene rings is 2. The second kappa shape index (κ2) is 4.73. The van der Waals surface area contributed by atoms with Crippen LogP contribution in [0, 0.1) is 20.8 Å². The summed E-state index contributed by atoms with van der Waals surface area (Å²) in [7, 11) is 0. The van der Waals surface area contributed by atoms with E-state index in [4.69, 9.17) is 9.47 Å². The molecule has 3 aromatic rings. The Bertz CT molecular complexity index is 1020. The Morgan fingerprint density at radius 2 is 1.71 bits per heavy atom. The van der Waals surface area contributed by atoms with Gasteiger partial charge in [-0.2, -0.15) is 4.57 Å². The molecule has 5 rings (SSSR count). The van der Waals surface area contributed by atoms with Crippen molar-refractivity contribution in [3.63, 3.8) is 0 Å². The highest BCUT2D eigenvalue weighted by Gasteiger charge is 2.30. The molecule has 0 saturated heterocycles. The Morgan fingerprint density at radius 3 is 2.54 bits per heavy atom. The highest BCUT2D eigenvalue weighted by atomic mass is 16.7. The molecule has 0 atom stereocenters. The zero-order chi connectivity index (χ0) is 16.4. The van der Waals surface area contributed by atoms with Crippen LogP contribution in [0.2, 0.25) is 0 Å². The average molecular weight is 318 g/mol. The third-order valence-electron chi connectivity index (χ3n) is 5.59. The van der Waals surface area contributed by atoms with Gasteiger partial charge in [-0.05, 0) is 55.0 Å². The van der Waals surface area contributed by atoms with Crippen molar-refractivity contribution in [1.29, 1.82) is 0 Å². The Kier molecular flexibility index (Phi) is 2.73. The zero-order valence-corrected chi connectivity index (χ0v) is 14.3. The Balaban J connectivity index is 1.84. The smallest absolute Gasteiger partial charge is 0.231 e. The summed E-state index contributed by atoms with van der Waals surface area (Å²) in [6.07, 6.45) is 3.35. The molecule has 0 spiro atoms. The van der Waals surface area contributed by atoms with Crippen LogP contribution in [0.3, 0.4) is 0 Å². The Hall–Kier alpha value is -2.55. The van der Waals surface area contributed by atoms with Gasteiger partial charge in [0.05, 0.1) is 5.56 Å². The number of hydrogen-bond donors (Lipinski definition) is 0. The molecule has 0 saturated carbocycles. The molecule has 0 N–H and O–H groups in total.